The van der Waals surface area contributed by atoms with Gasteiger partial charge in [0.15, 0.2) is 0 Å². The zero-order chi connectivity index (χ0) is 22.5. The maximum Gasteiger partial charge on any atom is 0.223 e. The van der Waals surface area contributed by atoms with Gasteiger partial charge in [-0.3, -0.25) is 9.59 Å². The molecule has 1 aliphatic rings. The first-order valence-electron chi connectivity index (χ1n) is 10.6. The summed E-state index contributed by atoms with van der Waals surface area (Å²) in [4.78, 5) is 28.7. The van der Waals surface area contributed by atoms with E-state index in [0.29, 0.717) is 29.6 Å². The Balaban J connectivity index is 1.33. The molecule has 4 nitrogen and oxygen atoms in total. The fraction of sp³-hybridized carbons (Fsp3) is 0.280. The fourth-order valence-corrected chi connectivity index (χ4v) is 5.50. The molecule has 0 fully saturated rings. The molecule has 32 heavy (non-hydrogen) atoms. The van der Waals surface area contributed by atoms with Crippen LogP contribution >= 0.6 is 34.5 Å². The second kappa shape index (κ2) is 10.5. The highest BCUT2D eigenvalue weighted by molar-refractivity contribution is 7.10. The first-order valence-corrected chi connectivity index (χ1v) is 12.3. The van der Waals surface area contributed by atoms with E-state index in [0.717, 1.165) is 17.5 Å². The average Bonchev–Trinajstić information content (AvgIpc) is 3.28. The first kappa shape index (κ1) is 22.8. The van der Waals surface area contributed by atoms with Crippen LogP contribution in [-0.4, -0.2) is 29.8 Å². The highest BCUT2D eigenvalue weighted by Gasteiger charge is 2.32. The number of hydrogen-bond donors (Lipinski definition) is 1. The van der Waals surface area contributed by atoms with Crippen LogP contribution in [-0.2, 0) is 22.4 Å². The Bertz CT molecular complexity index is 1100. The minimum atomic E-state index is -0.132. The normalized spacial score (nSPS) is 15.3. The maximum atomic E-state index is 13.1. The summed E-state index contributed by atoms with van der Waals surface area (Å²) in [6.45, 7) is 1.13. The number of thiophene rings is 1. The zero-order valence-electron chi connectivity index (χ0n) is 17.5. The van der Waals surface area contributed by atoms with E-state index in [1.807, 2.05) is 29.2 Å². The van der Waals surface area contributed by atoms with Gasteiger partial charge in [0.05, 0.1) is 6.04 Å². The number of nitrogens with zero attached hydrogens (tertiary/aromatic N) is 1. The van der Waals surface area contributed by atoms with Crippen LogP contribution in [0.5, 0.6) is 0 Å². The van der Waals surface area contributed by atoms with Crippen molar-refractivity contribution in [1.29, 1.82) is 0 Å². The number of fused-ring (bicyclic) bond motifs is 1. The lowest BCUT2D eigenvalue weighted by Gasteiger charge is -2.36. The predicted octanol–water partition coefficient (Wildman–Crippen LogP) is 5.67. The Labute approximate surface area is 202 Å². The van der Waals surface area contributed by atoms with Crippen molar-refractivity contribution in [3.8, 4) is 0 Å². The summed E-state index contributed by atoms with van der Waals surface area (Å²) >= 11 is 13.8. The topological polar surface area (TPSA) is 49.4 Å². The standard InChI is InChI=1S/C25H24Cl2N2O2S/c26-19-7-6-17(21(27)16-19)10-13-28-23(30)8-9-24(31)29-14-11-22-20(12-15-32-22)25(29)18-4-2-1-3-5-18/h1-7,12,15-16,25H,8-11,13-14H2,(H,28,30). The number of nitrogens with one attached hydrogen (secondary N) is 1. The number of benzene rings is 2. The molecular formula is C25H24Cl2N2O2S. The highest BCUT2D eigenvalue weighted by atomic mass is 35.5. The van der Waals surface area contributed by atoms with E-state index in [1.165, 1.54) is 10.4 Å². The number of halogens is 2. The molecule has 0 aliphatic carbocycles. The van der Waals surface area contributed by atoms with Crippen LogP contribution in [0.25, 0.3) is 0 Å². The molecule has 7 heteroatoms. The van der Waals surface area contributed by atoms with Crippen LogP contribution in [0, 0.1) is 0 Å². The molecule has 2 aromatic carbocycles. The summed E-state index contributed by atoms with van der Waals surface area (Å²) in [5, 5.41) is 6.15. The minimum absolute atomic E-state index is 0.00611. The van der Waals surface area contributed by atoms with Gasteiger partial charge in [-0.2, -0.15) is 0 Å². The number of hydrogen-bond acceptors (Lipinski definition) is 3. The third-order valence-corrected chi connectivity index (χ3v) is 7.28. The minimum Gasteiger partial charge on any atom is -0.356 e. The van der Waals surface area contributed by atoms with Gasteiger partial charge in [0, 0.05) is 40.9 Å². The van der Waals surface area contributed by atoms with E-state index < -0.39 is 0 Å². The monoisotopic (exact) mass is 486 g/mol. The molecular weight excluding hydrogens is 463 g/mol. The fourth-order valence-electron chi connectivity index (χ4n) is 4.09. The van der Waals surface area contributed by atoms with E-state index in [1.54, 1.807) is 23.5 Å². The van der Waals surface area contributed by atoms with Gasteiger partial charge in [0.25, 0.3) is 0 Å². The van der Waals surface area contributed by atoms with Crippen molar-refractivity contribution in [3.05, 3.63) is 91.6 Å². The van der Waals surface area contributed by atoms with Crippen LogP contribution in [0.1, 0.15) is 40.5 Å². The second-order valence-electron chi connectivity index (χ2n) is 7.79. The van der Waals surface area contributed by atoms with Crippen molar-refractivity contribution >= 4 is 46.4 Å². The molecule has 1 unspecified atom stereocenters. The van der Waals surface area contributed by atoms with E-state index in [-0.39, 0.29) is 30.7 Å². The molecule has 3 aromatic rings. The number of carbonyl (C=O) groups excluding carboxylic acids is 2. The molecule has 4 rings (SSSR count). The van der Waals surface area contributed by atoms with Crippen LogP contribution in [0.2, 0.25) is 10.0 Å². The van der Waals surface area contributed by atoms with Gasteiger partial charge in [0.2, 0.25) is 11.8 Å². The quantitative estimate of drug-likeness (QED) is 0.467. The molecule has 166 valence electrons. The van der Waals surface area contributed by atoms with Crippen molar-refractivity contribution in [3.63, 3.8) is 0 Å². The van der Waals surface area contributed by atoms with Crippen molar-refractivity contribution in [2.24, 2.45) is 0 Å². The summed E-state index contributed by atoms with van der Waals surface area (Å²) in [6.07, 6.45) is 1.83. The van der Waals surface area contributed by atoms with Gasteiger partial charge in [-0.1, -0.05) is 59.6 Å². The van der Waals surface area contributed by atoms with Gasteiger partial charge in [-0.05, 0) is 53.1 Å². The predicted molar refractivity (Wildman–Crippen MR) is 130 cm³/mol. The Morgan fingerprint density at radius 3 is 2.66 bits per heavy atom. The summed E-state index contributed by atoms with van der Waals surface area (Å²) in [5.41, 5.74) is 3.23. The van der Waals surface area contributed by atoms with E-state index in [2.05, 4.69) is 28.9 Å². The lowest BCUT2D eigenvalue weighted by atomic mass is 9.93. The van der Waals surface area contributed by atoms with Gasteiger partial charge in [-0.25, -0.2) is 0 Å². The average molecular weight is 487 g/mol. The van der Waals surface area contributed by atoms with Crippen molar-refractivity contribution in [2.75, 3.05) is 13.1 Å². The first-order chi connectivity index (χ1) is 15.5. The Morgan fingerprint density at radius 2 is 1.88 bits per heavy atom. The second-order valence-corrected chi connectivity index (χ2v) is 9.63. The van der Waals surface area contributed by atoms with Gasteiger partial charge in [-0.15, -0.1) is 11.3 Å². The van der Waals surface area contributed by atoms with E-state index >= 15 is 0 Å². The summed E-state index contributed by atoms with van der Waals surface area (Å²) in [7, 11) is 0. The molecule has 0 saturated carbocycles. The smallest absolute Gasteiger partial charge is 0.223 e. The van der Waals surface area contributed by atoms with E-state index in [4.69, 9.17) is 23.2 Å². The summed E-state index contributed by atoms with van der Waals surface area (Å²) < 4.78 is 0. The molecule has 2 amide bonds. The Hall–Kier alpha value is -2.34. The lowest BCUT2D eigenvalue weighted by Crippen LogP contribution is -2.40. The summed E-state index contributed by atoms with van der Waals surface area (Å²) in [5.74, 6) is -0.125. The molecule has 0 saturated heterocycles. The Morgan fingerprint density at radius 1 is 1.06 bits per heavy atom. The number of rotatable bonds is 7. The van der Waals surface area contributed by atoms with Crippen LogP contribution in [0.4, 0.5) is 0 Å². The summed E-state index contributed by atoms with van der Waals surface area (Å²) in [6, 6.07) is 17.5. The zero-order valence-corrected chi connectivity index (χ0v) is 19.8. The van der Waals surface area contributed by atoms with E-state index in [9.17, 15) is 9.59 Å². The third-order valence-electron chi connectivity index (χ3n) is 5.70. The van der Waals surface area contributed by atoms with Crippen LogP contribution in [0.3, 0.4) is 0 Å². The molecule has 0 spiro atoms. The largest absolute Gasteiger partial charge is 0.356 e. The van der Waals surface area contributed by atoms with Crippen molar-refractivity contribution in [2.45, 2.75) is 31.7 Å². The van der Waals surface area contributed by atoms with Gasteiger partial charge >= 0.3 is 0 Å². The third kappa shape index (κ3) is 5.34. The SMILES string of the molecule is O=C(CCC(=O)N1CCc2sccc2C1c1ccccc1)NCCc1ccc(Cl)cc1Cl. The highest BCUT2D eigenvalue weighted by Crippen LogP contribution is 2.38. The Kier molecular flexibility index (Phi) is 7.51. The van der Waals surface area contributed by atoms with Crippen molar-refractivity contribution < 1.29 is 9.59 Å². The van der Waals surface area contributed by atoms with Crippen molar-refractivity contribution in [1.82, 2.24) is 10.2 Å². The maximum absolute atomic E-state index is 13.1. The lowest BCUT2D eigenvalue weighted by molar-refractivity contribution is -0.135. The number of amides is 2. The molecule has 0 radical (unpaired) electrons. The molecule has 0 bridgehead atoms. The number of carbonyl (C=O) groups is 2. The molecule has 1 aromatic heterocycles. The van der Waals surface area contributed by atoms with Gasteiger partial charge < -0.3 is 10.2 Å². The molecule has 1 N–H and O–H groups in total. The van der Waals surface area contributed by atoms with Gasteiger partial charge in [0.1, 0.15) is 0 Å². The molecule has 2 heterocycles. The molecule has 1 aliphatic heterocycles. The van der Waals surface area contributed by atoms with Crippen LogP contribution in [0.15, 0.2) is 60.0 Å². The molecule has 1 atom stereocenters. The van der Waals surface area contributed by atoms with Crippen LogP contribution < -0.4 is 5.32 Å².